The van der Waals surface area contributed by atoms with Crippen LogP contribution in [-0.2, 0) is 9.53 Å². The Hall–Kier alpha value is -0.220. The summed E-state index contributed by atoms with van der Waals surface area (Å²) in [7, 11) is 2.16. The molecule has 0 aromatic heterocycles. The van der Waals surface area contributed by atoms with Gasteiger partial charge in [0, 0.05) is 6.54 Å². The van der Waals surface area contributed by atoms with Gasteiger partial charge in [0.05, 0.1) is 6.61 Å². The van der Waals surface area contributed by atoms with E-state index in [4.69, 9.17) is 4.74 Å². The molecule has 1 saturated heterocycles. The van der Waals surface area contributed by atoms with Crippen LogP contribution in [0.4, 0.5) is 0 Å². The van der Waals surface area contributed by atoms with E-state index in [2.05, 4.69) is 18.9 Å². The molecule has 1 fully saturated rings. The fraction of sp³-hybridized carbons (Fsp3) is 0.917. The minimum absolute atomic E-state index is 0.0332. The molecule has 0 unspecified atom stereocenters. The first-order valence-corrected chi connectivity index (χ1v) is 7.19. The zero-order chi connectivity index (χ0) is 12.0. The summed E-state index contributed by atoms with van der Waals surface area (Å²) in [6.45, 7) is 6.77. The zero-order valence-electron chi connectivity index (χ0n) is 10.6. The van der Waals surface area contributed by atoms with E-state index < -0.39 is 0 Å². The van der Waals surface area contributed by atoms with Crippen LogP contribution >= 0.6 is 11.8 Å². The van der Waals surface area contributed by atoms with Gasteiger partial charge in [-0.2, -0.15) is 0 Å². The topological polar surface area (TPSA) is 29.5 Å². The average Bonchev–Trinajstić information content (AvgIpc) is 2.65. The van der Waals surface area contributed by atoms with Crippen LogP contribution in [0.2, 0.25) is 0 Å². The fourth-order valence-electron chi connectivity index (χ4n) is 2.00. The lowest BCUT2D eigenvalue weighted by atomic mass is 10.2. The summed E-state index contributed by atoms with van der Waals surface area (Å²) < 4.78 is 5.06. The Labute approximate surface area is 103 Å². The second kappa shape index (κ2) is 7.17. The van der Waals surface area contributed by atoms with E-state index >= 15 is 0 Å². The minimum Gasteiger partial charge on any atom is -0.465 e. The molecule has 0 saturated carbocycles. The van der Waals surface area contributed by atoms with Crippen LogP contribution in [0.3, 0.4) is 0 Å². The van der Waals surface area contributed by atoms with Crippen LogP contribution in [0.15, 0.2) is 0 Å². The molecule has 0 N–H and O–H groups in total. The summed E-state index contributed by atoms with van der Waals surface area (Å²) in [4.78, 5) is 13.9. The number of esters is 1. The summed E-state index contributed by atoms with van der Waals surface area (Å²) >= 11 is 1.77. The number of thioether (sulfide) groups is 1. The van der Waals surface area contributed by atoms with Crippen molar-refractivity contribution < 1.29 is 9.53 Å². The first-order chi connectivity index (χ1) is 7.67. The second-order valence-electron chi connectivity index (χ2n) is 4.40. The lowest BCUT2D eigenvalue weighted by Crippen LogP contribution is -2.22. The average molecular weight is 245 g/mol. The molecule has 4 heteroatoms. The van der Waals surface area contributed by atoms with Crippen LogP contribution in [-0.4, -0.2) is 48.6 Å². The van der Waals surface area contributed by atoms with Gasteiger partial charge >= 0.3 is 5.97 Å². The Morgan fingerprint density at radius 2 is 2.31 bits per heavy atom. The van der Waals surface area contributed by atoms with E-state index in [0.717, 1.165) is 18.1 Å². The summed E-state index contributed by atoms with van der Waals surface area (Å²) in [5.74, 6) is 1.79. The molecule has 0 bridgehead atoms. The van der Waals surface area contributed by atoms with Crippen molar-refractivity contribution in [1.82, 2.24) is 4.90 Å². The Morgan fingerprint density at radius 3 is 2.81 bits per heavy atom. The molecule has 3 nitrogen and oxygen atoms in total. The molecule has 2 atom stereocenters. The van der Waals surface area contributed by atoms with Gasteiger partial charge in [-0.15, -0.1) is 11.8 Å². The maximum atomic E-state index is 11.6. The number of rotatable bonds is 6. The smallest absolute Gasteiger partial charge is 0.319 e. The van der Waals surface area contributed by atoms with Crippen molar-refractivity contribution >= 4 is 17.7 Å². The molecule has 0 aromatic rings. The Kier molecular flexibility index (Phi) is 6.21. The highest BCUT2D eigenvalue weighted by Gasteiger charge is 2.23. The van der Waals surface area contributed by atoms with Crippen molar-refractivity contribution in [1.29, 1.82) is 0 Å². The van der Waals surface area contributed by atoms with Crippen LogP contribution in [0.5, 0.6) is 0 Å². The van der Waals surface area contributed by atoms with Gasteiger partial charge in [0.2, 0.25) is 0 Å². The standard InChI is InChI=1S/C12H23NO2S/c1-4-11(12(14)15-5-2)16-9-10-6-7-13(3)8-10/h10-11H,4-9H2,1-3H3/t10-,11+/m1/s1. The minimum atomic E-state index is -0.0404. The third kappa shape index (κ3) is 4.34. The quantitative estimate of drug-likeness (QED) is 0.670. The molecule has 94 valence electrons. The summed E-state index contributed by atoms with van der Waals surface area (Å²) in [5.41, 5.74) is 0. The van der Waals surface area contributed by atoms with E-state index in [-0.39, 0.29) is 11.2 Å². The Morgan fingerprint density at radius 1 is 1.56 bits per heavy atom. The van der Waals surface area contributed by atoms with Gasteiger partial charge in [0.1, 0.15) is 5.25 Å². The van der Waals surface area contributed by atoms with E-state index in [9.17, 15) is 4.79 Å². The Bertz CT molecular complexity index is 223. The van der Waals surface area contributed by atoms with Crippen molar-refractivity contribution in [2.45, 2.75) is 31.9 Å². The monoisotopic (exact) mass is 245 g/mol. The molecule has 0 aromatic carbocycles. The number of carbonyl (C=O) groups excluding carboxylic acids is 1. The highest BCUT2D eigenvalue weighted by molar-refractivity contribution is 8.00. The van der Waals surface area contributed by atoms with Crippen LogP contribution in [0, 0.1) is 5.92 Å². The van der Waals surface area contributed by atoms with Gasteiger partial charge in [-0.05, 0) is 45.0 Å². The SMILES string of the molecule is CCOC(=O)[C@H](CC)SC[C@@H]1CCN(C)C1. The number of carbonyl (C=O) groups is 1. The summed E-state index contributed by atoms with van der Waals surface area (Å²) in [6.07, 6.45) is 2.13. The molecule has 0 amide bonds. The van der Waals surface area contributed by atoms with E-state index in [1.54, 1.807) is 11.8 Å². The molecule has 1 heterocycles. The van der Waals surface area contributed by atoms with Crippen LogP contribution < -0.4 is 0 Å². The third-order valence-electron chi connectivity index (χ3n) is 2.94. The van der Waals surface area contributed by atoms with Crippen molar-refractivity contribution in [2.75, 3.05) is 32.5 Å². The molecule has 0 aliphatic carbocycles. The number of hydrogen-bond acceptors (Lipinski definition) is 4. The largest absolute Gasteiger partial charge is 0.465 e. The lowest BCUT2D eigenvalue weighted by molar-refractivity contribution is -0.142. The van der Waals surface area contributed by atoms with Gasteiger partial charge in [-0.1, -0.05) is 6.92 Å². The highest BCUT2D eigenvalue weighted by Crippen LogP contribution is 2.24. The number of ether oxygens (including phenoxy) is 1. The number of likely N-dealkylation sites (tertiary alicyclic amines) is 1. The molecule has 1 aliphatic rings. The molecule has 1 aliphatic heterocycles. The summed E-state index contributed by atoms with van der Waals surface area (Å²) in [6, 6.07) is 0. The second-order valence-corrected chi connectivity index (χ2v) is 5.63. The molecular formula is C12H23NO2S. The maximum absolute atomic E-state index is 11.6. The third-order valence-corrected chi connectivity index (χ3v) is 4.53. The lowest BCUT2D eigenvalue weighted by Gasteiger charge is -2.15. The zero-order valence-corrected chi connectivity index (χ0v) is 11.4. The van der Waals surface area contributed by atoms with Crippen molar-refractivity contribution in [3.05, 3.63) is 0 Å². The first kappa shape index (κ1) is 13.8. The van der Waals surface area contributed by atoms with Gasteiger partial charge in [-0.25, -0.2) is 0 Å². The molecule has 16 heavy (non-hydrogen) atoms. The number of hydrogen-bond donors (Lipinski definition) is 0. The van der Waals surface area contributed by atoms with E-state index in [1.807, 2.05) is 6.92 Å². The van der Waals surface area contributed by atoms with Crippen molar-refractivity contribution in [2.24, 2.45) is 5.92 Å². The fourth-order valence-corrected chi connectivity index (χ4v) is 3.22. The van der Waals surface area contributed by atoms with Crippen LogP contribution in [0.1, 0.15) is 26.7 Å². The van der Waals surface area contributed by atoms with Crippen LogP contribution in [0.25, 0.3) is 0 Å². The normalized spacial score (nSPS) is 23.3. The first-order valence-electron chi connectivity index (χ1n) is 6.14. The van der Waals surface area contributed by atoms with E-state index in [1.165, 1.54) is 19.5 Å². The predicted molar refractivity (Wildman–Crippen MR) is 68.8 cm³/mol. The van der Waals surface area contributed by atoms with Crippen molar-refractivity contribution in [3.8, 4) is 0 Å². The van der Waals surface area contributed by atoms with Gasteiger partial charge in [-0.3, -0.25) is 4.79 Å². The highest BCUT2D eigenvalue weighted by atomic mass is 32.2. The molecule has 1 rings (SSSR count). The van der Waals surface area contributed by atoms with Gasteiger partial charge in [0.25, 0.3) is 0 Å². The van der Waals surface area contributed by atoms with Gasteiger partial charge in [0.15, 0.2) is 0 Å². The van der Waals surface area contributed by atoms with Gasteiger partial charge < -0.3 is 9.64 Å². The summed E-state index contributed by atoms with van der Waals surface area (Å²) in [5, 5.41) is 0.0332. The Balaban J connectivity index is 2.25. The van der Waals surface area contributed by atoms with E-state index in [0.29, 0.717) is 6.61 Å². The number of nitrogens with zero attached hydrogens (tertiary/aromatic N) is 1. The molecular weight excluding hydrogens is 222 g/mol. The predicted octanol–water partition coefficient (Wildman–Crippen LogP) is 2.01. The van der Waals surface area contributed by atoms with Crippen molar-refractivity contribution in [3.63, 3.8) is 0 Å². The molecule has 0 spiro atoms. The maximum Gasteiger partial charge on any atom is 0.319 e. The molecule has 0 radical (unpaired) electrons.